The van der Waals surface area contributed by atoms with Gasteiger partial charge >= 0.3 is 0 Å². The number of fused-ring (bicyclic) bond motifs is 3. The summed E-state index contributed by atoms with van der Waals surface area (Å²) in [5.41, 5.74) is 4.59. The van der Waals surface area contributed by atoms with Crippen molar-refractivity contribution >= 4 is 43.1 Å². The van der Waals surface area contributed by atoms with Gasteiger partial charge in [-0.2, -0.15) is 5.10 Å². The van der Waals surface area contributed by atoms with E-state index < -0.39 is 31.5 Å². The van der Waals surface area contributed by atoms with Crippen LogP contribution in [0, 0.1) is 5.92 Å². The lowest BCUT2D eigenvalue weighted by atomic mass is 9.82. The molecule has 4 aromatic rings. The smallest absolute Gasteiger partial charge is 0.264 e. The van der Waals surface area contributed by atoms with Gasteiger partial charge in [-0.3, -0.25) is 14.4 Å². The van der Waals surface area contributed by atoms with E-state index in [4.69, 9.17) is 9.84 Å². The number of hydrogen-bond donors (Lipinski definition) is 2. The third kappa shape index (κ3) is 6.18. The molecule has 0 aromatic heterocycles. The summed E-state index contributed by atoms with van der Waals surface area (Å²) < 4.78 is 7.06. The lowest BCUT2D eigenvalue weighted by molar-refractivity contribution is -0.151. The molecule has 4 aliphatic rings. The Morgan fingerprint density at radius 1 is 0.926 bits per heavy atom. The molecule has 0 radical (unpaired) electrons. The summed E-state index contributed by atoms with van der Waals surface area (Å²) in [6.45, 7) is 6.11. The zero-order valence-electron chi connectivity index (χ0n) is 30.9. The number of carbonyl (C=O) groups excluding carboxylic acids is 3. The van der Waals surface area contributed by atoms with E-state index in [-0.39, 0.29) is 43.2 Å². The number of anilines is 2. The van der Waals surface area contributed by atoms with Crippen molar-refractivity contribution in [3.05, 3.63) is 131 Å². The van der Waals surface area contributed by atoms with Crippen molar-refractivity contribution in [2.45, 2.75) is 82.1 Å². The quantitative estimate of drug-likeness (QED) is 0.217. The summed E-state index contributed by atoms with van der Waals surface area (Å²) in [5.74, 6) is -1.12. The molecule has 0 saturated carbocycles. The molecule has 54 heavy (non-hydrogen) atoms. The summed E-state index contributed by atoms with van der Waals surface area (Å²) in [5, 5.41) is 16.6. The maximum Gasteiger partial charge on any atom is 0.264 e. The number of hydrogen-bond acceptors (Lipinski definition) is 7. The van der Waals surface area contributed by atoms with Crippen molar-refractivity contribution in [1.29, 1.82) is 0 Å². The minimum atomic E-state index is -3.10. The fraction of sp³-hybridized carbons (Fsp3) is 0.349. The largest absolute Gasteiger partial charge is 0.432 e. The first kappa shape index (κ1) is 36.1. The zero-order valence-corrected chi connectivity index (χ0v) is 31.9. The highest BCUT2D eigenvalue weighted by Crippen LogP contribution is 2.60. The van der Waals surface area contributed by atoms with E-state index in [2.05, 4.69) is 0 Å². The molecule has 11 heteroatoms. The monoisotopic (exact) mass is 742 g/mol. The summed E-state index contributed by atoms with van der Waals surface area (Å²) in [4.78, 5) is 58.3. The van der Waals surface area contributed by atoms with Crippen molar-refractivity contribution in [2.75, 3.05) is 16.5 Å². The second-order valence-electron chi connectivity index (χ2n) is 15.6. The van der Waals surface area contributed by atoms with Crippen LogP contribution in [-0.2, 0) is 44.2 Å². The minimum absolute atomic E-state index is 0.0528. The van der Waals surface area contributed by atoms with Gasteiger partial charge in [0.05, 0.1) is 48.8 Å². The lowest BCUT2D eigenvalue weighted by Gasteiger charge is -2.37. The molecule has 4 aliphatic heterocycles. The predicted molar refractivity (Wildman–Crippen MR) is 209 cm³/mol. The second-order valence-corrected chi connectivity index (χ2v) is 19.6. The Morgan fingerprint density at radius 2 is 1.61 bits per heavy atom. The van der Waals surface area contributed by atoms with Gasteiger partial charge in [0, 0.05) is 36.4 Å². The van der Waals surface area contributed by atoms with Crippen LogP contribution in [0.15, 0.2) is 108 Å². The fourth-order valence-corrected chi connectivity index (χ4v) is 11.8. The molecule has 8 rings (SSSR count). The van der Waals surface area contributed by atoms with Crippen molar-refractivity contribution < 1.29 is 29.0 Å². The number of carbonyl (C=O) groups is 3. The number of rotatable bonds is 8. The summed E-state index contributed by atoms with van der Waals surface area (Å²) in [7, 11) is -3.10. The molecular weight excluding hydrogens is 697 g/mol. The first-order chi connectivity index (χ1) is 26.0. The first-order valence-corrected chi connectivity index (χ1v) is 21.9. The normalized spacial score (nSPS) is 25.2. The van der Waals surface area contributed by atoms with E-state index in [9.17, 15) is 19.5 Å². The number of aliphatic hydroxyl groups excluding tert-OH is 1. The molecule has 1 spiro atoms. The van der Waals surface area contributed by atoms with Gasteiger partial charge in [0.25, 0.3) is 5.91 Å². The van der Waals surface area contributed by atoms with Crippen LogP contribution in [0.25, 0.3) is 0 Å². The Bertz CT molecular complexity index is 2120. The van der Waals surface area contributed by atoms with Crippen LogP contribution in [0.4, 0.5) is 11.4 Å². The van der Waals surface area contributed by atoms with Gasteiger partial charge < -0.3 is 24.4 Å². The van der Waals surface area contributed by atoms with Gasteiger partial charge in [-0.05, 0) is 60.0 Å². The van der Waals surface area contributed by atoms with Crippen LogP contribution in [0.1, 0.15) is 54.0 Å². The average molecular weight is 743 g/mol. The van der Waals surface area contributed by atoms with Crippen molar-refractivity contribution in [3.8, 4) is 0 Å². The molecule has 10 nitrogen and oxygen atoms in total. The molecular formula is C43H46N4O6Si. The lowest BCUT2D eigenvalue weighted by Crippen LogP contribution is -2.48. The van der Waals surface area contributed by atoms with Gasteiger partial charge in [0.1, 0.15) is 0 Å². The molecule has 4 aromatic carbocycles. The van der Waals surface area contributed by atoms with Crippen molar-refractivity contribution in [1.82, 2.24) is 4.90 Å². The van der Waals surface area contributed by atoms with Crippen LogP contribution >= 0.6 is 0 Å². The van der Waals surface area contributed by atoms with E-state index in [0.29, 0.717) is 42.9 Å². The number of nitrogens with zero attached hydrogens (tertiary/aromatic N) is 4. The standard InChI is InChI=1S/C43H46N4O6Si/c1-28-41(54(2,3)52)38(24-40(50)45-26-32-17-11-10-16-31(32)22-34(45)27-48)53-43(28)35-23-33(47-39(49)21-19-36(44-47)30-14-8-5-9-15-30)18-20-37(35)46(42(43)51)25-29-12-6-4-7-13-29/h4-18,20,23,28,34,38,41,48,52H,19,21-22,24-27H2,1-3H3/t28-,34+,38+,41-,43+/m1/s1. The Morgan fingerprint density at radius 3 is 2.31 bits per heavy atom. The Balaban J connectivity index is 1.20. The van der Waals surface area contributed by atoms with Crippen LogP contribution in [0.5, 0.6) is 0 Å². The third-order valence-corrected chi connectivity index (χ3v) is 14.3. The van der Waals surface area contributed by atoms with E-state index >= 15 is 4.79 Å². The van der Waals surface area contributed by atoms with Gasteiger partial charge in [-0.25, -0.2) is 5.01 Å². The van der Waals surface area contributed by atoms with Gasteiger partial charge in [-0.15, -0.1) is 0 Å². The van der Waals surface area contributed by atoms with Crippen LogP contribution in [0.2, 0.25) is 18.6 Å². The van der Waals surface area contributed by atoms with Crippen molar-refractivity contribution in [3.63, 3.8) is 0 Å². The molecule has 5 atom stereocenters. The summed E-state index contributed by atoms with van der Waals surface area (Å²) in [6.07, 6.45) is 0.523. The van der Waals surface area contributed by atoms with E-state index in [1.165, 1.54) is 5.01 Å². The van der Waals surface area contributed by atoms with E-state index in [1.807, 2.05) is 123 Å². The highest BCUT2D eigenvalue weighted by atomic mass is 28.4. The topological polar surface area (TPSA) is 123 Å². The molecule has 0 unspecified atom stereocenters. The summed E-state index contributed by atoms with van der Waals surface area (Å²) in [6, 6.07) is 32.6. The number of amides is 3. The average Bonchev–Trinajstić information content (AvgIpc) is 3.60. The van der Waals surface area contributed by atoms with Crippen LogP contribution < -0.4 is 9.91 Å². The molecule has 0 aliphatic carbocycles. The highest BCUT2D eigenvalue weighted by Gasteiger charge is 2.66. The molecule has 1 fully saturated rings. The molecule has 4 heterocycles. The fourth-order valence-electron chi connectivity index (χ4n) is 9.24. The van der Waals surface area contributed by atoms with Gasteiger partial charge in [0.2, 0.25) is 11.8 Å². The summed E-state index contributed by atoms with van der Waals surface area (Å²) >= 11 is 0. The molecule has 278 valence electrons. The van der Waals surface area contributed by atoms with Crippen LogP contribution in [-0.4, -0.2) is 65.3 Å². The zero-order chi connectivity index (χ0) is 37.8. The first-order valence-electron chi connectivity index (χ1n) is 18.8. The predicted octanol–water partition coefficient (Wildman–Crippen LogP) is 5.90. The van der Waals surface area contributed by atoms with Gasteiger partial charge in [-0.1, -0.05) is 91.9 Å². The Labute approximate surface area is 316 Å². The third-order valence-electron chi connectivity index (χ3n) is 11.8. The molecule has 0 bridgehead atoms. The maximum absolute atomic E-state index is 15.1. The SMILES string of the molecule is C[C@@H]1[C@@H]([Si](C)(C)O)[C@H](CC(=O)N2Cc3ccccc3C[C@H]2CO)O[C@@]12C(=O)N(Cc1ccccc1)c1ccc(N3N=C(c4ccccc4)CCC3=O)cc12. The number of aliphatic hydroxyl groups is 1. The highest BCUT2D eigenvalue weighted by molar-refractivity contribution is 6.71. The molecule has 3 amide bonds. The van der Waals surface area contributed by atoms with Gasteiger partial charge in [0.15, 0.2) is 13.9 Å². The van der Waals surface area contributed by atoms with E-state index in [0.717, 1.165) is 28.0 Å². The minimum Gasteiger partial charge on any atom is -0.432 e. The molecule has 2 N–H and O–H groups in total. The Hall–Kier alpha value is -4.94. The van der Waals surface area contributed by atoms with Crippen molar-refractivity contribution in [2.24, 2.45) is 11.0 Å². The number of benzene rings is 4. The maximum atomic E-state index is 15.1. The number of hydrazone groups is 1. The van der Waals surface area contributed by atoms with Crippen LogP contribution in [0.3, 0.4) is 0 Å². The molecule has 1 saturated heterocycles. The second kappa shape index (κ2) is 14.0. The number of ether oxygens (including phenoxy) is 1. The Kier molecular flexibility index (Phi) is 9.37. The van der Waals surface area contributed by atoms with E-state index in [1.54, 1.807) is 9.80 Å².